The average Bonchev–Trinajstić information content (AvgIpc) is 2.15. The van der Waals surface area contributed by atoms with Gasteiger partial charge in [0, 0.05) is 8.95 Å². The van der Waals surface area contributed by atoms with Crippen LogP contribution in [0.25, 0.3) is 0 Å². The first-order chi connectivity index (χ1) is 6.60. The SMILES string of the molecule is Cc1cc(Br)c(C(C#N)C#N)cc1Br. The van der Waals surface area contributed by atoms with E-state index in [9.17, 15) is 0 Å². The molecule has 0 heterocycles. The second-order valence-electron chi connectivity index (χ2n) is 2.81. The fraction of sp³-hybridized carbons (Fsp3) is 0.200. The van der Waals surface area contributed by atoms with Gasteiger partial charge in [0.05, 0.1) is 12.1 Å². The van der Waals surface area contributed by atoms with E-state index in [0.717, 1.165) is 14.5 Å². The molecular formula is C10H6Br2N2. The highest BCUT2D eigenvalue weighted by atomic mass is 79.9. The van der Waals surface area contributed by atoms with E-state index in [1.54, 1.807) is 6.07 Å². The summed E-state index contributed by atoms with van der Waals surface area (Å²) in [6.45, 7) is 1.95. The Morgan fingerprint density at radius 3 is 2.21 bits per heavy atom. The Balaban J connectivity index is 3.31. The maximum Gasteiger partial charge on any atom is 0.159 e. The van der Waals surface area contributed by atoms with Crippen molar-refractivity contribution in [1.29, 1.82) is 10.5 Å². The van der Waals surface area contributed by atoms with Gasteiger partial charge in [0.1, 0.15) is 0 Å². The topological polar surface area (TPSA) is 47.6 Å². The zero-order valence-corrected chi connectivity index (χ0v) is 10.6. The zero-order valence-electron chi connectivity index (χ0n) is 7.38. The van der Waals surface area contributed by atoms with E-state index in [1.807, 2.05) is 25.1 Å². The van der Waals surface area contributed by atoms with Crippen LogP contribution < -0.4 is 0 Å². The molecule has 4 heteroatoms. The summed E-state index contributed by atoms with van der Waals surface area (Å²) in [4.78, 5) is 0. The summed E-state index contributed by atoms with van der Waals surface area (Å²) in [6, 6.07) is 7.58. The molecule has 0 aliphatic carbocycles. The van der Waals surface area contributed by atoms with Crippen molar-refractivity contribution in [2.45, 2.75) is 12.8 Å². The van der Waals surface area contributed by atoms with Crippen LogP contribution in [0.15, 0.2) is 21.1 Å². The Morgan fingerprint density at radius 2 is 1.71 bits per heavy atom. The molecule has 0 N–H and O–H groups in total. The van der Waals surface area contributed by atoms with Crippen molar-refractivity contribution in [2.75, 3.05) is 0 Å². The molecule has 70 valence electrons. The van der Waals surface area contributed by atoms with Gasteiger partial charge in [-0.2, -0.15) is 10.5 Å². The second kappa shape index (κ2) is 4.59. The number of hydrogen-bond donors (Lipinski definition) is 0. The van der Waals surface area contributed by atoms with Crippen LogP contribution in [-0.4, -0.2) is 0 Å². The zero-order chi connectivity index (χ0) is 10.7. The molecule has 1 rings (SSSR count). The highest BCUT2D eigenvalue weighted by molar-refractivity contribution is 9.11. The molecule has 2 nitrogen and oxygen atoms in total. The Bertz CT molecular complexity index is 427. The summed E-state index contributed by atoms with van der Waals surface area (Å²) in [5, 5.41) is 17.5. The summed E-state index contributed by atoms with van der Waals surface area (Å²) in [5.74, 6) is -0.721. The van der Waals surface area contributed by atoms with Gasteiger partial charge in [0.15, 0.2) is 5.92 Å². The molecule has 0 unspecified atom stereocenters. The minimum atomic E-state index is -0.721. The molecule has 0 fully saturated rings. The van der Waals surface area contributed by atoms with Crippen molar-refractivity contribution in [3.63, 3.8) is 0 Å². The van der Waals surface area contributed by atoms with E-state index < -0.39 is 5.92 Å². The van der Waals surface area contributed by atoms with Gasteiger partial charge in [0.25, 0.3) is 0 Å². The Labute approximate surface area is 99.4 Å². The maximum atomic E-state index is 8.76. The predicted octanol–water partition coefficient (Wildman–Crippen LogP) is 3.65. The van der Waals surface area contributed by atoms with E-state index in [2.05, 4.69) is 31.9 Å². The van der Waals surface area contributed by atoms with E-state index in [0.29, 0.717) is 5.56 Å². The van der Waals surface area contributed by atoms with Gasteiger partial charge in [-0.15, -0.1) is 0 Å². The van der Waals surface area contributed by atoms with E-state index in [4.69, 9.17) is 10.5 Å². The van der Waals surface area contributed by atoms with Gasteiger partial charge in [0.2, 0.25) is 0 Å². The smallest absolute Gasteiger partial charge is 0.159 e. The number of nitrogens with zero attached hydrogens (tertiary/aromatic N) is 2. The van der Waals surface area contributed by atoms with Crippen LogP contribution in [0.4, 0.5) is 0 Å². The fourth-order valence-electron chi connectivity index (χ4n) is 1.05. The standard InChI is InChI=1S/C10H6Br2N2/c1-6-2-10(12)8(3-9(6)11)7(4-13)5-14/h2-3,7H,1H3. The van der Waals surface area contributed by atoms with E-state index in [-0.39, 0.29) is 0 Å². The third kappa shape index (κ3) is 2.15. The number of benzene rings is 1. The van der Waals surface area contributed by atoms with Crippen LogP contribution in [0, 0.1) is 29.6 Å². The van der Waals surface area contributed by atoms with Crippen molar-refractivity contribution < 1.29 is 0 Å². The number of halogens is 2. The van der Waals surface area contributed by atoms with Crippen LogP contribution in [0.3, 0.4) is 0 Å². The summed E-state index contributed by atoms with van der Waals surface area (Å²) in [6.07, 6.45) is 0. The van der Waals surface area contributed by atoms with Crippen LogP contribution in [-0.2, 0) is 0 Å². The van der Waals surface area contributed by atoms with Crippen LogP contribution in [0.2, 0.25) is 0 Å². The molecular weight excluding hydrogens is 308 g/mol. The van der Waals surface area contributed by atoms with Crippen LogP contribution in [0.1, 0.15) is 17.0 Å². The Morgan fingerprint density at radius 1 is 1.14 bits per heavy atom. The lowest BCUT2D eigenvalue weighted by atomic mass is 10.0. The normalized spacial score (nSPS) is 9.57. The largest absolute Gasteiger partial charge is 0.196 e. The number of rotatable bonds is 1. The fourth-order valence-corrected chi connectivity index (χ4v) is 2.10. The highest BCUT2D eigenvalue weighted by Crippen LogP contribution is 2.30. The Hall–Kier alpha value is -0.840. The minimum absolute atomic E-state index is 0.701. The molecule has 0 aromatic heterocycles. The molecule has 0 radical (unpaired) electrons. The van der Waals surface area contributed by atoms with Gasteiger partial charge < -0.3 is 0 Å². The van der Waals surface area contributed by atoms with Crippen LogP contribution in [0.5, 0.6) is 0 Å². The van der Waals surface area contributed by atoms with E-state index in [1.165, 1.54) is 0 Å². The van der Waals surface area contributed by atoms with Crippen LogP contribution >= 0.6 is 31.9 Å². The molecule has 0 amide bonds. The molecule has 0 bridgehead atoms. The summed E-state index contributed by atoms with van der Waals surface area (Å²) < 4.78 is 1.71. The summed E-state index contributed by atoms with van der Waals surface area (Å²) in [7, 11) is 0. The molecule has 1 aromatic carbocycles. The molecule has 0 atom stereocenters. The first kappa shape index (κ1) is 11.2. The van der Waals surface area contributed by atoms with Crippen molar-refractivity contribution in [1.82, 2.24) is 0 Å². The van der Waals surface area contributed by atoms with Gasteiger partial charge in [-0.25, -0.2) is 0 Å². The van der Waals surface area contributed by atoms with Crippen molar-refractivity contribution in [3.05, 3.63) is 32.2 Å². The maximum absolute atomic E-state index is 8.76. The third-order valence-electron chi connectivity index (χ3n) is 1.85. The molecule has 0 aliphatic heterocycles. The Kier molecular flexibility index (Phi) is 3.69. The molecule has 0 saturated carbocycles. The number of hydrogen-bond acceptors (Lipinski definition) is 2. The molecule has 0 aliphatic rings. The lowest BCUT2D eigenvalue weighted by Gasteiger charge is -2.07. The summed E-state index contributed by atoms with van der Waals surface area (Å²) in [5.41, 5.74) is 1.77. The predicted molar refractivity (Wildman–Crippen MR) is 60.5 cm³/mol. The van der Waals surface area contributed by atoms with Crippen molar-refractivity contribution in [2.24, 2.45) is 0 Å². The summed E-state index contributed by atoms with van der Waals surface area (Å²) >= 11 is 6.71. The first-order valence-electron chi connectivity index (χ1n) is 3.85. The minimum Gasteiger partial charge on any atom is -0.196 e. The monoisotopic (exact) mass is 312 g/mol. The van der Waals surface area contributed by atoms with Gasteiger partial charge in [-0.1, -0.05) is 31.9 Å². The van der Waals surface area contributed by atoms with Gasteiger partial charge in [-0.05, 0) is 30.2 Å². The number of nitriles is 2. The molecule has 1 aromatic rings. The molecule has 0 spiro atoms. The third-order valence-corrected chi connectivity index (χ3v) is 3.39. The van der Waals surface area contributed by atoms with Gasteiger partial charge >= 0.3 is 0 Å². The second-order valence-corrected chi connectivity index (χ2v) is 4.52. The molecule has 0 saturated heterocycles. The highest BCUT2D eigenvalue weighted by Gasteiger charge is 2.14. The average molecular weight is 314 g/mol. The first-order valence-corrected chi connectivity index (χ1v) is 5.43. The lowest BCUT2D eigenvalue weighted by Crippen LogP contribution is -1.94. The quantitative estimate of drug-likeness (QED) is 0.794. The van der Waals surface area contributed by atoms with E-state index >= 15 is 0 Å². The number of aryl methyl sites for hydroxylation is 1. The lowest BCUT2D eigenvalue weighted by molar-refractivity contribution is 1.08. The molecule has 14 heavy (non-hydrogen) atoms. The van der Waals surface area contributed by atoms with Gasteiger partial charge in [-0.3, -0.25) is 0 Å². The van der Waals surface area contributed by atoms with Crippen molar-refractivity contribution >= 4 is 31.9 Å². The van der Waals surface area contributed by atoms with Crippen molar-refractivity contribution in [3.8, 4) is 12.1 Å².